The van der Waals surface area contributed by atoms with E-state index in [-0.39, 0.29) is 5.76 Å². The Balaban J connectivity index is 2.05. The number of carbonyl (C=O) groups excluding carboxylic acids is 1. The van der Waals surface area contributed by atoms with Crippen molar-refractivity contribution in [3.63, 3.8) is 0 Å². The number of hydrogen-bond donors (Lipinski definition) is 1. The summed E-state index contributed by atoms with van der Waals surface area (Å²) in [6.45, 7) is 1.64. The molecule has 0 fully saturated rings. The van der Waals surface area contributed by atoms with E-state index < -0.39 is 5.91 Å². The molecule has 2 heterocycles. The molecule has 98 valence electrons. The van der Waals surface area contributed by atoms with Crippen LogP contribution in [-0.2, 0) is 0 Å². The van der Waals surface area contributed by atoms with Crippen LogP contribution in [0.15, 0.2) is 39.4 Å². The lowest BCUT2D eigenvalue weighted by Crippen LogP contribution is -2.12. The summed E-state index contributed by atoms with van der Waals surface area (Å²) in [7, 11) is 0. The minimum Gasteiger partial charge on any atom is -0.443 e. The molecule has 1 amide bonds. The van der Waals surface area contributed by atoms with Crippen LogP contribution in [0.3, 0.4) is 0 Å². The molecule has 0 spiro atoms. The molecule has 0 saturated carbocycles. The zero-order chi connectivity index (χ0) is 14.1. The van der Waals surface area contributed by atoms with Crippen molar-refractivity contribution in [1.29, 1.82) is 5.26 Å². The molecule has 0 aliphatic rings. The zero-order valence-electron chi connectivity index (χ0n) is 10.5. The van der Waals surface area contributed by atoms with Crippen LogP contribution >= 0.6 is 0 Å². The second-order valence-electron chi connectivity index (χ2n) is 4.16. The molecule has 3 aromatic rings. The molecule has 0 saturated heterocycles. The summed E-state index contributed by atoms with van der Waals surface area (Å²) >= 11 is 0. The van der Waals surface area contributed by atoms with Gasteiger partial charge in [-0.2, -0.15) is 5.26 Å². The number of aromatic nitrogens is 1. The third-order valence-electron chi connectivity index (χ3n) is 2.93. The van der Waals surface area contributed by atoms with Crippen molar-refractivity contribution >= 4 is 22.6 Å². The quantitative estimate of drug-likeness (QED) is 0.770. The molecule has 0 aliphatic carbocycles. The van der Waals surface area contributed by atoms with Gasteiger partial charge in [-0.05, 0) is 19.1 Å². The van der Waals surface area contributed by atoms with Crippen LogP contribution in [0, 0.1) is 18.3 Å². The van der Waals surface area contributed by atoms with Crippen molar-refractivity contribution in [2.24, 2.45) is 0 Å². The summed E-state index contributed by atoms with van der Waals surface area (Å²) in [5, 5.41) is 16.0. The first-order valence-electron chi connectivity index (χ1n) is 5.85. The molecule has 20 heavy (non-hydrogen) atoms. The zero-order valence-corrected chi connectivity index (χ0v) is 10.5. The number of rotatable bonds is 2. The van der Waals surface area contributed by atoms with Crippen molar-refractivity contribution in [3.8, 4) is 6.07 Å². The molecule has 3 rings (SSSR count). The minimum atomic E-state index is -0.396. The van der Waals surface area contributed by atoms with E-state index in [1.165, 1.54) is 6.20 Å². The van der Waals surface area contributed by atoms with Gasteiger partial charge in [-0.15, -0.1) is 0 Å². The number of carbonyl (C=O) groups is 1. The summed E-state index contributed by atoms with van der Waals surface area (Å²) < 4.78 is 10.2. The molecule has 0 atom stereocenters. The maximum absolute atomic E-state index is 12.1. The smallest absolute Gasteiger partial charge is 0.261 e. The van der Waals surface area contributed by atoms with E-state index in [0.717, 1.165) is 0 Å². The van der Waals surface area contributed by atoms with Crippen LogP contribution in [0.1, 0.15) is 21.9 Å². The third-order valence-corrected chi connectivity index (χ3v) is 2.93. The van der Waals surface area contributed by atoms with E-state index in [9.17, 15) is 4.79 Å². The minimum absolute atomic E-state index is 0.0636. The third kappa shape index (κ3) is 1.82. The molecule has 0 aliphatic heterocycles. The Labute approximate surface area is 113 Å². The lowest BCUT2D eigenvalue weighted by molar-refractivity contribution is 0.102. The van der Waals surface area contributed by atoms with Crippen molar-refractivity contribution in [3.05, 3.63) is 47.5 Å². The highest BCUT2D eigenvalue weighted by molar-refractivity contribution is 6.10. The van der Waals surface area contributed by atoms with E-state index in [1.807, 2.05) is 6.07 Å². The number of nitrogens with one attached hydrogen (secondary N) is 1. The van der Waals surface area contributed by atoms with E-state index in [1.54, 1.807) is 31.2 Å². The van der Waals surface area contributed by atoms with Crippen molar-refractivity contribution in [2.75, 3.05) is 5.32 Å². The first kappa shape index (κ1) is 12.0. The highest BCUT2D eigenvalue weighted by Gasteiger charge is 2.19. The molecule has 0 unspecified atom stereocenters. The van der Waals surface area contributed by atoms with Gasteiger partial charge in [0, 0.05) is 5.39 Å². The Morgan fingerprint density at radius 2 is 2.20 bits per heavy atom. The van der Waals surface area contributed by atoms with E-state index in [2.05, 4.69) is 10.5 Å². The average Bonchev–Trinajstić information content (AvgIpc) is 3.03. The molecule has 0 radical (unpaired) electrons. The van der Waals surface area contributed by atoms with E-state index in [4.69, 9.17) is 14.2 Å². The Kier molecular flexibility index (Phi) is 2.73. The fourth-order valence-electron chi connectivity index (χ4n) is 1.95. The van der Waals surface area contributed by atoms with Crippen LogP contribution in [0.5, 0.6) is 0 Å². The number of fused-ring (bicyclic) bond motifs is 1. The number of para-hydroxylation sites is 1. The van der Waals surface area contributed by atoms with Crippen LogP contribution in [0.2, 0.25) is 0 Å². The van der Waals surface area contributed by atoms with Crippen LogP contribution in [-0.4, -0.2) is 11.1 Å². The number of hydrogen-bond acceptors (Lipinski definition) is 5. The number of furan rings is 1. The van der Waals surface area contributed by atoms with Crippen LogP contribution < -0.4 is 5.32 Å². The highest BCUT2D eigenvalue weighted by Crippen LogP contribution is 2.30. The summed E-state index contributed by atoms with van der Waals surface area (Å²) in [4.78, 5) is 12.1. The van der Waals surface area contributed by atoms with Gasteiger partial charge < -0.3 is 14.3 Å². The van der Waals surface area contributed by atoms with Crippen molar-refractivity contribution in [1.82, 2.24) is 5.16 Å². The molecular formula is C14H9N3O3. The van der Waals surface area contributed by atoms with Gasteiger partial charge in [-0.3, -0.25) is 4.79 Å². The summed E-state index contributed by atoms with van der Waals surface area (Å²) in [5.41, 5.74) is 1.22. The Bertz CT molecular complexity index is 839. The average molecular weight is 267 g/mol. The van der Waals surface area contributed by atoms with E-state index >= 15 is 0 Å². The van der Waals surface area contributed by atoms with Gasteiger partial charge in [-0.1, -0.05) is 17.3 Å². The monoisotopic (exact) mass is 267 g/mol. The van der Waals surface area contributed by atoms with Gasteiger partial charge >= 0.3 is 0 Å². The van der Waals surface area contributed by atoms with Gasteiger partial charge in [0.15, 0.2) is 0 Å². The normalized spacial score (nSPS) is 10.4. The summed E-state index contributed by atoms with van der Waals surface area (Å²) in [6, 6.07) is 9.04. The van der Waals surface area contributed by atoms with Crippen molar-refractivity contribution < 1.29 is 13.7 Å². The molecular weight excluding hydrogens is 258 g/mol. The first-order chi connectivity index (χ1) is 9.70. The van der Waals surface area contributed by atoms with Crippen LogP contribution in [0.25, 0.3) is 11.0 Å². The molecule has 1 aromatic carbocycles. The second kappa shape index (κ2) is 4.55. The lowest BCUT2D eigenvalue weighted by atomic mass is 10.2. The largest absolute Gasteiger partial charge is 0.443 e. The van der Waals surface area contributed by atoms with Gasteiger partial charge in [0.05, 0.1) is 6.20 Å². The van der Waals surface area contributed by atoms with Gasteiger partial charge in [-0.25, -0.2) is 0 Å². The SMILES string of the molecule is Cc1oncc1C(=O)Nc1c(C#N)oc2ccccc12. The number of benzene rings is 1. The fourth-order valence-corrected chi connectivity index (χ4v) is 1.95. The Hall–Kier alpha value is -3.07. The molecule has 6 heteroatoms. The van der Waals surface area contributed by atoms with Crippen LogP contribution in [0.4, 0.5) is 5.69 Å². The number of nitriles is 1. The second-order valence-corrected chi connectivity index (χ2v) is 4.16. The van der Waals surface area contributed by atoms with Gasteiger partial charge in [0.25, 0.3) is 5.91 Å². The van der Waals surface area contributed by atoms with E-state index in [0.29, 0.717) is 28.0 Å². The first-order valence-corrected chi connectivity index (χ1v) is 5.85. The maximum Gasteiger partial charge on any atom is 0.261 e. The lowest BCUT2D eigenvalue weighted by Gasteiger charge is -2.01. The van der Waals surface area contributed by atoms with Gasteiger partial charge in [0.2, 0.25) is 5.76 Å². The Morgan fingerprint density at radius 3 is 2.90 bits per heavy atom. The fraction of sp³-hybridized carbons (Fsp3) is 0.0714. The predicted octanol–water partition coefficient (Wildman–Crippen LogP) is 2.85. The number of nitrogens with zero attached hydrogens (tertiary/aromatic N) is 2. The molecule has 2 aromatic heterocycles. The standard InChI is InChI=1S/C14H9N3O3/c1-8-10(7-16-20-8)14(18)17-13-9-4-2-3-5-11(9)19-12(13)6-15/h2-5,7H,1H3,(H,17,18). The number of amides is 1. The predicted molar refractivity (Wildman–Crippen MR) is 70.1 cm³/mol. The Morgan fingerprint density at radius 1 is 1.40 bits per heavy atom. The summed E-state index contributed by atoms with van der Waals surface area (Å²) in [5.74, 6) is 0.0780. The number of aryl methyl sites for hydroxylation is 1. The van der Waals surface area contributed by atoms with Gasteiger partial charge in [0.1, 0.15) is 28.7 Å². The molecule has 1 N–H and O–H groups in total. The highest BCUT2D eigenvalue weighted by atomic mass is 16.5. The molecule has 0 bridgehead atoms. The maximum atomic E-state index is 12.1. The topological polar surface area (TPSA) is 92.1 Å². The van der Waals surface area contributed by atoms with Crippen molar-refractivity contribution in [2.45, 2.75) is 6.92 Å². The summed E-state index contributed by atoms with van der Waals surface area (Å²) in [6.07, 6.45) is 1.33. The number of anilines is 1. The molecule has 6 nitrogen and oxygen atoms in total.